The van der Waals surface area contributed by atoms with E-state index in [2.05, 4.69) is 19.1 Å². The molecule has 0 fully saturated rings. The predicted octanol–water partition coefficient (Wildman–Crippen LogP) is 3.29. The summed E-state index contributed by atoms with van der Waals surface area (Å²) in [7, 11) is -9.44. The zero-order valence-electron chi connectivity index (χ0n) is 15.7. The SMILES string of the molecule is CCS(=O)(=O)N=CN/N=C(\c1ccc(Cl)cc1)c1ccc(OS(=O)(=O)C(F)(F)F)cc1. The van der Waals surface area contributed by atoms with Gasteiger partial charge in [0.05, 0.1) is 11.5 Å². The van der Waals surface area contributed by atoms with Crippen LogP contribution in [0.25, 0.3) is 0 Å². The predicted molar refractivity (Wildman–Crippen MR) is 110 cm³/mol. The average Bonchev–Trinajstić information content (AvgIpc) is 2.69. The van der Waals surface area contributed by atoms with Crippen molar-refractivity contribution in [3.05, 3.63) is 64.7 Å². The number of hydrogen-bond acceptors (Lipinski definition) is 6. The molecule has 1 N–H and O–H groups in total. The van der Waals surface area contributed by atoms with Gasteiger partial charge in [-0.3, -0.25) is 5.43 Å². The van der Waals surface area contributed by atoms with Crippen LogP contribution in [0.1, 0.15) is 18.1 Å². The molecule has 0 aliphatic carbocycles. The molecule has 2 aromatic rings. The average molecular weight is 498 g/mol. The molecule has 2 aromatic carbocycles. The fourth-order valence-electron chi connectivity index (χ4n) is 2.02. The minimum atomic E-state index is -5.81. The molecule has 0 atom stereocenters. The number of halogens is 4. The van der Waals surface area contributed by atoms with Crippen LogP contribution >= 0.6 is 11.6 Å². The summed E-state index contributed by atoms with van der Waals surface area (Å²) >= 11 is 5.87. The van der Waals surface area contributed by atoms with Crippen LogP contribution in [-0.4, -0.2) is 40.1 Å². The summed E-state index contributed by atoms with van der Waals surface area (Å²) in [5.41, 5.74) is -2.10. The Labute approximate surface area is 181 Å². The zero-order valence-corrected chi connectivity index (χ0v) is 18.1. The van der Waals surface area contributed by atoms with Gasteiger partial charge in [-0.05, 0) is 43.3 Å². The minimum absolute atomic E-state index is 0.207. The van der Waals surface area contributed by atoms with Crippen LogP contribution in [-0.2, 0) is 20.1 Å². The van der Waals surface area contributed by atoms with Gasteiger partial charge in [0, 0.05) is 16.1 Å². The molecule has 0 heterocycles. The molecule has 0 aliphatic heterocycles. The first-order chi connectivity index (χ1) is 14.3. The van der Waals surface area contributed by atoms with E-state index >= 15 is 0 Å². The second kappa shape index (κ2) is 9.66. The Bertz CT molecular complexity index is 1180. The molecule has 0 aromatic heterocycles. The van der Waals surface area contributed by atoms with Crippen molar-refractivity contribution in [3.8, 4) is 5.75 Å². The van der Waals surface area contributed by atoms with Crippen molar-refractivity contribution in [3.63, 3.8) is 0 Å². The monoisotopic (exact) mass is 497 g/mol. The van der Waals surface area contributed by atoms with Crippen LogP contribution in [0, 0.1) is 0 Å². The highest BCUT2D eigenvalue weighted by molar-refractivity contribution is 7.90. The van der Waals surface area contributed by atoms with Crippen molar-refractivity contribution in [2.24, 2.45) is 9.50 Å². The summed E-state index contributed by atoms with van der Waals surface area (Å²) < 4.78 is 89.8. The summed E-state index contributed by atoms with van der Waals surface area (Å²) in [6.07, 6.45) is 0.863. The van der Waals surface area contributed by atoms with Crippen LogP contribution in [0.15, 0.2) is 58.0 Å². The summed E-state index contributed by atoms with van der Waals surface area (Å²) in [5.74, 6) is -0.763. The largest absolute Gasteiger partial charge is 0.534 e. The minimum Gasteiger partial charge on any atom is -0.376 e. The topological polar surface area (TPSA) is 114 Å². The Kier molecular flexibility index (Phi) is 7.68. The first-order valence-corrected chi connectivity index (χ1v) is 11.7. The standard InChI is InChI=1S/C17H15ClF3N3O5S2/c1-2-30(25,26)23-11-22-24-16(12-3-7-14(18)8-4-12)13-5-9-15(10-6-13)29-31(27,28)17(19,20)21/h3-11H,2H2,1H3,(H,22,23)/b24-16+. The summed E-state index contributed by atoms with van der Waals surface area (Å²) in [4.78, 5) is 0. The quantitative estimate of drug-likeness (QED) is 0.197. The highest BCUT2D eigenvalue weighted by atomic mass is 35.5. The molecule has 2 rings (SSSR count). The molecule has 0 saturated heterocycles. The molecule has 14 heteroatoms. The molecule has 0 spiro atoms. The van der Waals surface area contributed by atoms with Gasteiger partial charge in [0.1, 0.15) is 12.1 Å². The summed E-state index contributed by atoms with van der Waals surface area (Å²) in [6.45, 7) is 1.41. The number of benzene rings is 2. The van der Waals surface area contributed by atoms with E-state index in [1.807, 2.05) is 0 Å². The van der Waals surface area contributed by atoms with Crippen molar-refractivity contribution >= 4 is 43.8 Å². The van der Waals surface area contributed by atoms with E-state index in [0.29, 0.717) is 16.1 Å². The van der Waals surface area contributed by atoms with Gasteiger partial charge in [-0.25, -0.2) is 8.42 Å². The molecular weight excluding hydrogens is 483 g/mol. The number of hydrazone groups is 1. The Morgan fingerprint density at radius 3 is 2.03 bits per heavy atom. The Morgan fingerprint density at radius 1 is 1.03 bits per heavy atom. The van der Waals surface area contributed by atoms with Crippen molar-refractivity contribution in [2.75, 3.05) is 5.75 Å². The molecule has 8 nitrogen and oxygen atoms in total. The van der Waals surface area contributed by atoms with Crippen molar-refractivity contribution < 1.29 is 34.2 Å². The maximum atomic E-state index is 12.5. The third-order valence-corrected chi connectivity index (χ3v) is 5.93. The number of sulfonamides is 1. The number of nitrogens with zero attached hydrogens (tertiary/aromatic N) is 2. The molecule has 168 valence electrons. The first kappa shape index (κ1) is 24.6. The third-order valence-electron chi connectivity index (χ3n) is 3.55. The van der Waals surface area contributed by atoms with Gasteiger partial charge in [-0.15, -0.1) is 0 Å². The second-order valence-electron chi connectivity index (χ2n) is 5.71. The fourth-order valence-corrected chi connectivity index (χ4v) is 2.96. The second-order valence-corrected chi connectivity index (χ2v) is 9.64. The number of rotatable bonds is 8. The summed E-state index contributed by atoms with van der Waals surface area (Å²) in [5, 5.41) is 4.48. The van der Waals surface area contributed by atoms with E-state index in [1.54, 1.807) is 24.3 Å². The van der Waals surface area contributed by atoms with Crippen LogP contribution in [0.4, 0.5) is 13.2 Å². The van der Waals surface area contributed by atoms with Gasteiger partial charge in [-0.1, -0.05) is 23.7 Å². The van der Waals surface area contributed by atoms with Gasteiger partial charge >= 0.3 is 15.6 Å². The van der Waals surface area contributed by atoms with Gasteiger partial charge in [0.2, 0.25) is 0 Å². The van der Waals surface area contributed by atoms with E-state index in [-0.39, 0.29) is 11.5 Å². The molecule has 0 aliphatic rings. The van der Waals surface area contributed by atoms with Gasteiger partial charge in [0.15, 0.2) is 0 Å². The van der Waals surface area contributed by atoms with Crippen LogP contribution < -0.4 is 9.61 Å². The Hall–Kier alpha value is -2.64. The van der Waals surface area contributed by atoms with E-state index in [4.69, 9.17) is 11.6 Å². The normalized spacial score (nSPS) is 13.4. The van der Waals surface area contributed by atoms with E-state index in [1.165, 1.54) is 19.1 Å². The molecule has 0 radical (unpaired) electrons. The molecular formula is C17H15ClF3N3O5S2. The Morgan fingerprint density at radius 2 is 1.55 bits per heavy atom. The third kappa shape index (κ3) is 6.94. The highest BCUT2D eigenvalue weighted by Crippen LogP contribution is 2.27. The van der Waals surface area contributed by atoms with Gasteiger partial charge in [-0.2, -0.15) is 31.1 Å². The number of nitrogens with one attached hydrogen (secondary N) is 1. The van der Waals surface area contributed by atoms with E-state index < -0.39 is 31.4 Å². The van der Waals surface area contributed by atoms with E-state index in [9.17, 15) is 30.0 Å². The lowest BCUT2D eigenvalue weighted by Crippen LogP contribution is -2.28. The fraction of sp³-hybridized carbons (Fsp3) is 0.176. The zero-order chi connectivity index (χ0) is 23.3. The lowest BCUT2D eigenvalue weighted by molar-refractivity contribution is -0.0500. The Balaban J connectivity index is 2.36. The van der Waals surface area contributed by atoms with Crippen molar-refractivity contribution in [1.82, 2.24) is 5.43 Å². The molecule has 0 unspecified atom stereocenters. The number of hydrogen-bond donors (Lipinski definition) is 1. The summed E-state index contributed by atoms with van der Waals surface area (Å²) in [6, 6.07) is 10.9. The van der Waals surface area contributed by atoms with Gasteiger partial charge < -0.3 is 4.18 Å². The van der Waals surface area contributed by atoms with Crippen LogP contribution in [0.5, 0.6) is 5.75 Å². The lowest BCUT2D eigenvalue weighted by Gasteiger charge is -2.11. The van der Waals surface area contributed by atoms with Crippen molar-refractivity contribution in [2.45, 2.75) is 12.4 Å². The number of alkyl halides is 3. The smallest absolute Gasteiger partial charge is 0.376 e. The molecule has 0 amide bonds. The highest BCUT2D eigenvalue weighted by Gasteiger charge is 2.48. The maximum absolute atomic E-state index is 12.5. The molecule has 0 saturated carbocycles. The first-order valence-electron chi connectivity index (χ1n) is 8.31. The maximum Gasteiger partial charge on any atom is 0.534 e. The van der Waals surface area contributed by atoms with Gasteiger partial charge in [0.25, 0.3) is 10.0 Å². The van der Waals surface area contributed by atoms with Crippen LogP contribution in [0.2, 0.25) is 5.02 Å². The van der Waals surface area contributed by atoms with Crippen molar-refractivity contribution in [1.29, 1.82) is 0 Å². The lowest BCUT2D eigenvalue weighted by atomic mass is 10.0. The molecule has 0 bridgehead atoms. The van der Waals surface area contributed by atoms with E-state index in [0.717, 1.165) is 18.5 Å². The van der Waals surface area contributed by atoms with Crippen LogP contribution in [0.3, 0.4) is 0 Å². The molecule has 31 heavy (non-hydrogen) atoms.